The molecular formula is C20H28FNO2S. The van der Waals surface area contributed by atoms with Crippen LogP contribution in [0, 0.1) is 11.2 Å². The summed E-state index contributed by atoms with van der Waals surface area (Å²) in [6.45, 7) is 9.46. The lowest BCUT2D eigenvalue weighted by atomic mass is 9.84. The van der Waals surface area contributed by atoms with Crippen molar-refractivity contribution < 1.29 is 13.9 Å². The molecule has 1 aromatic carbocycles. The number of allylic oxidation sites excluding steroid dienone is 1. The van der Waals surface area contributed by atoms with Crippen LogP contribution in [0.1, 0.15) is 58.1 Å². The number of ether oxygens (including phenoxy) is 2. The van der Waals surface area contributed by atoms with Crippen molar-refractivity contribution in [2.75, 3.05) is 13.2 Å². The molecule has 1 spiro atoms. The minimum atomic E-state index is -0.705. The smallest absolute Gasteiger partial charge is 0.195 e. The molecule has 1 saturated heterocycles. The Morgan fingerprint density at radius 1 is 1.20 bits per heavy atom. The van der Waals surface area contributed by atoms with Crippen molar-refractivity contribution in [3.8, 4) is 0 Å². The van der Waals surface area contributed by atoms with E-state index in [-0.39, 0.29) is 11.2 Å². The molecule has 1 aliphatic carbocycles. The minimum Gasteiger partial charge on any atom is -0.345 e. The molecule has 0 unspecified atom stereocenters. The maximum atomic E-state index is 14.4. The molecule has 3 rings (SSSR count). The van der Waals surface area contributed by atoms with Crippen molar-refractivity contribution >= 4 is 17.5 Å². The van der Waals surface area contributed by atoms with Gasteiger partial charge in [-0.2, -0.15) is 0 Å². The zero-order chi connectivity index (χ0) is 18.3. The molecule has 2 N–H and O–H groups in total. The van der Waals surface area contributed by atoms with Crippen LogP contribution in [0.2, 0.25) is 0 Å². The Morgan fingerprint density at radius 2 is 1.88 bits per heavy atom. The van der Waals surface area contributed by atoms with Gasteiger partial charge in [-0.25, -0.2) is 4.39 Å². The number of rotatable bonds is 3. The largest absolute Gasteiger partial charge is 0.345 e. The molecule has 1 aliphatic heterocycles. The van der Waals surface area contributed by atoms with E-state index in [1.165, 1.54) is 6.07 Å². The van der Waals surface area contributed by atoms with Gasteiger partial charge >= 0.3 is 0 Å². The van der Waals surface area contributed by atoms with Gasteiger partial charge in [-0.1, -0.05) is 37.9 Å². The monoisotopic (exact) mass is 365 g/mol. The average molecular weight is 366 g/mol. The second kappa shape index (κ2) is 6.69. The van der Waals surface area contributed by atoms with Gasteiger partial charge < -0.3 is 9.47 Å². The zero-order valence-corrected chi connectivity index (χ0v) is 16.3. The predicted molar refractivity (Wildman–Crippen MR) is 101 cm³/mol. The number of nitrogens with two attached hydrogens (primary N) is 1. The van der Waals surface area contributed by atoms with E-state index >= 15 is 0 Å². The topological polar surface area (TPSA) is 44.5 Å². The molecule has 1 aromatic rings. The summed E-state index contributed by atoms with van der Waals surface area (Å²) >= 11 is 1.15. The first-order valence-electron chi connectivity index (χ1n) is 8.86. The SMILES string of the molecule is CC1(C)COC2(CCCC=C2c2ccc(F)c(C(C)(C)SN)c2)OC1. The lowest BCUT2D eigenvalue weighted by molar-refractivity contribution is -0.269. The molecule has 138 valence electrons. The standard InChI is InChI=1S/C20H28FNO2S/c1-18(2)12-23-20(24-13-18)10-6-5-7-15(20)14-8-9-17(21)16(11-14)19(3,4)25-22/h7-9,11H,5-6,10,12-13,22H2,1-4H3. The van der Waals surface area contributed by atoms with Crippen LogP contribution < -0.4 is 5.14 Å². The molecule has 25 heavy (non-hydrogen) atoms. The Kier molecular flexibility index (Phi) is 5.06. The van der Waals surface area contributed by atoms with Crippen LogP contribution in [-0.2, 0) is 14.2 Å². The van der Waals surface area contributed by atoms with Crippen molar-refractivity contribution in [2.45, 2.75) is 57.5 Å². The highest BCUT2D eigenvalue weighted by Gasteiger charge is 2.45. The van der Waals surface area contributed by atoms with E-state index in [2.05, 4.69) is 19.9 Å². The van der Waals surface area contributed by atoms with E-state index in [4.69, 9.17) is 14.6 Å². The maximum Gasteiger partial charge on any atom is 0.195 e. The molecule has 1 fully saturated rings. The highest BCUT2D eigenvalue weighted by Crippen LogP contribution is 2.45. The van der Waals surface area contributed by atoms with E-state index in [0.29, 0.717) is 18.8 Å². The van der Waals surface area contributed by atoms with Crippen LogP contribution in [0.25, 0.3) is 5.57 Å². The molecular weight excluding hydrogens is 337 g/mol. The van der Waals surface area contributed by atoms with Crippen LogP contribution in [0.5, 0.6) is 0 Å². The molecule has 0 bridgehead atoms. The van der Waals surface area contributed by atoms with E-state index in [9.17, 15) is 4.39 Å². The second-order valence-electron chi connectivity index (χ2n) is 8.33. The van der Waals surface area contributed by atoms with Crippen molar-refractivity contribution in [1.29, 1.82) is 0 Å². The Bertz CT molecular complexity index is 674. The van der Waals surface area contributed by atoms with E-state index in [0.717, 1.165) is 42.3 Å². The second-order valence-corrected chi connectivity index (χ2v) is 9.58. The highest BCUT2D eigenvalue weighted by atomic mass is 32.2. The van der Waals surface area contributed by atoms with Crippen LogP contribution in [0.15, 0.2) is 24.3 Å². The number of benzene rings is 1. The highest BCUT2D eigenvalue weighted by molar-refractivity contribution is 7.98. The zero-order valence-electron chi connectivity index (χ0n) is 15.5. The summed E-state index contributed by atoms with van der Waals surface area (Å²) in [4.78, 5) is 0. The van der Waals surface area contributed by atoms with Crippen LogP contribution in [-0.4, -0.2) is 19.0 Å². The van der Waals surface area contributed by atoms with Gasteiger partial charge in [-0.05, 0) is 44.4 Å². The number of hydrogen-bond acceptors (Lipinski definition) is 4. The van der Waals surface area contributed by atoms with Gasteiger partial charge in [0.1, 0.15) is 5.82 Å². The first-order valence-corrected chi connectivity index (χ1v) is 9.74. The fourth-order valence-electron chi connectivity index (χ4n) is 3.43. The molecule has 0 aromatic heterocycles. The van der Waals surface area contributed by atoms with Gasteiger partial charge in [0.2, 0.25) is 0 Å². The summed E-state index contributed by atoms with van der Waals surface area (Å²) in [5, 5.41) is 5.79. The van der Waals surface area contributed by atoms with E-state index < -0.39 is 10.5 Å². The summed E-state index contributed by atoms with van der Waals surface area (Å²) in [5.74, 6) is -0.938. The quantitative estimate of drug-likeness (QED) is 0.765. The number of halogens is 1. The first kappa shape index (κ1) is 18.9. The summed E-state index contributed by atoms with van der Waals surface area (Å²) in [6.07, 6.45) is 5.02. The van der Waals surface area contributed by atoms with E-state index in [1.54, 1.807) is 0 Å². The molecule has 2 aliphatic rings. The molecule has 5 heteroatoms. The Morgan fingerprint density at radius 3 is 2.52 bits per heavy atom. The first-order chi connectivity index (χ1) is 11.7. The number of hydrogen-bond donors (Lipinski definition) is 1. The Labute approximate surface area is 154 Å². The predicted octanol–water partition coefficient (Wildman–Crippen LogP) is 5.00. The van der Waals surface area contributed by atoms with Crippen molar-refractivity contribution in [1.82, 2.24) is 0 Å². The summed E-state index contributed by atoms with van der Waals surface area (Å²) in [7, 11) is 0. The third-order valence-corrected chi connectivity index (χ3v) is 5.89. The minimum absolute atomic E-state index is 0.0138. The molecule has 3 nitrogen and oxygen atoms in total. The van der Waals surface area contributed by atoms with Crippen LogP contribution in [0.3, 0.4) is 0 Å². The van der Waals surface area contributed by atoms with Crippen LogP contribution >= 0.6 is 11.9 Å². The van der Waals surface area contributed by atoms with Gasteiger partial charge in [-0.15, -0.1) is 0 Å². The molecule has 0 saturated carbocycles. The summed E-state index contributed by atoms with van der Waals surface area (Å²) in [5.41, 5.74) is 2.60. The molecule has 0 radical (unpaired) electrons. The van der Waals surface area contributed by atoms with Gasteiger partial charge in [0.05, 0.1) is 18.0 Å². The third-order valence-electron chi connectivity index (χ3n) is 5.08. The normalized spacial score (nSPS) is 22.7. The Hall–Kier alpha value is -0.880. The summed E-state index contributed by atoms with van der Waals surface area (Å²) < 4.78 is 26.4. The van der Waals surface area contributed by atoms with Crippen molar-refractivity contribution in [2.24, 2.45) is 10.6 Å². The fourth-order valence-corrected chi connectivity index (χ4v) is 3.72. The maximum absolute atomic E-state index is 14.4. The fraction of sp³-hybridized carbons (Fsp3) is 0.600. The Balaban J connectivity index is 2.00. The van der Waals surface area contributed by atoms with Crippen molar-refractivity contribution in [3.05, 3.63) is 41.2 Å². The van der Waals surface area contributed by atoms with Crippen LogP contribution in [0.4, 0.5) is 4.39 Å². The van der Waals surface area contributed by atoms with Gasteiger partial charge in [0.15, 0.2) is 5.79 Å². The van der Waals surface area contributed by atoms with E-state index in [1.807, 2.05) is 26.0 Å². The van der Waals surface area contributed by atoms with Crippen molar-refractivity contribution in [3.63, 3.8) is 0 Å². The molecule has 1 heterocycles. The lowest BCUT2D eigenvalue weighted by Gasteiger charge is -2.46. The summed E-state index contributed by atoms with van der Waals surface area (Å²) in [6, 6.07) is 5.25. The lowest BCUT2D eigenvalue weighted by Crippen LogP contribution is -2.49. The van der Waals surface area contributed by atoms with Gasteiger partial charge in [-0.3, -0.25) is 5.14 Å². The van der Waals surface area contributed by atoms with Gasteiger partial charge in [0, 0.05) is 23.0 Å². The third kappa shape index (κ3) is 3.65. The van der Waals surface area contributed by atoms with Gasteiger partial charge in [0.25, 0.3) is 0 Å². The molecule has 0 amide bonds. The molecule has 0 atom stereocenters. The average Bonchev–Trinajstić information content (AvgIpc) is 2.59.